The van der Waals surface area contributed by atoms with Crippen molar-refractivity contribution in [2.45, 2.75) is 55.4 Å². The molecule has 0 unspecified atom stereocenters. The summed E-state index contributed by atoms with van der Waals surface area (Å²) < 4.78 is 171. The topological polar surface area (TPSA) is 4.93 Å². The quantitative estimate of drug-likeness (QED) is 0.346. The van der Waals surface area contributed by atoms with E-state index in [4.69, 9.17) is 0 Å². The van der Waals surface area contributed by atoms with E-state index in [1.54, 1.807) is 0 Å². The second-order valence-electron chi connectivity index (χ2n) is 6.85. The standard InChI is InChI=1S/C13H12F13NSi/c1-28(2,3)27-5-4-7(6-27)8(14,15)9(16,17)10(18,19)11(20,21)12(22,23)13(24,25)26/h4-6H,1-3H3. The summed E-state index contributed by atoms with van der Waals surface area (Å²) in [5.41, 5.74) is -1.95. The van der Waals surface area contributed by atoms with Crippen molar-refractivity contribution in [2.24, 2.45) is 0 Å². The van der Waals surface area contributed by atoms with Gasteiger partial charge in [0.25, 0.3) is 0 Å². The largest absolute Gasteiger partial charge is 0.460 e. The molecule has 0 fully saturated rings. The van der Waals surface area contributed by atoms with Crippen LogP contribution in [0, 0.1) is 0 Å². The van der Waals surface area contributed by atoms with Gasteiger partial charge in [0.05, 0.1) is 0 Å². The Morgan fingerprint density at radius 3 is 1.36 bits per heavy atom. The Labute approximate surface area is 150 Å². The molecule has 1 heterocycles. The third-order valence-corrected chi connectivity index (χ3v) is 5.59. The molecule has 0 aliphatic heterocycles. The van der Waals surface area contributed by atoms with E-state index in [0.29, 0.717) is 0 Å². The van der Waals surface area contributed by atoms with Crippen molar-refractivity contribution in [3.8, 4) is 0 Å². The Morgan fingerprint density at radius 1 is 0.643 bits per heavy atom. The summed E-state index contributed by atoms with van der Waals surface area (Å²) in [4.78, 5) is 0. The van der Waals surface area contributed by atoms with Crippen molar-refractivity contribution < 1.29 is 57.1 Å². The first-order valence-electron chi connectivity index (χ1n) is 7.11. The Bertz CT molecular complexity index is 711. The summed E-state index contributed by atoms with van der Waals surface area (Å²) in [5.74, 6) is -36.9. The van der Waals surface area contributed by atoms with Gasteiger partial charge in [-0.15, -0.1) is 0 Å². The maximum atomic E-state index is 14.0. The SMILES string of the molecule is C[Si](C)(C)n1ccc(C(F)(F)C(F)(F)C(F)(F)C(F)(F)C(F)(F)C(F)(F)F)c1. The van der Waals surface area contributed by atoms with E-state index in [2.05, 4.69) is 0 Å². The van der Waals surface area contributed by atoms with Gasteiger partial charge in [0.2, 0.25) is 0 Å². The number of rotatable bonds is 6. The fourth-order valence-electron chi connectivity index (χ4n) is 1.95. The van der Waals surface area contributed by atoms with Gasteiger partial charge in [-0.1, -0.05) is 19.6 Å². The molecule has 164 valence electrons. The zero-order chi connectivity index (χ0) is 22.8. The number of hydrogen-bond donors (Lipinski definition) is 0. The molecular weight excluding hydrogens is 445 g/mol. The minimum absolute atomic E-state index is 0.155. The normalized spacial score (nSPS) is 15.9. The first-order chi connectivity index (χ1) is 12.0. The molecule has 28 heavy (non-hydrogen) atoms. The highest BCUT2D eigenvalue weighted by molar-refractivity contribution is 6.74. The van der Waals surface area contributed by atoms with Gasteiger partial charge in [0.15, 0.2) is 8.24 Å². The highest BCUT2D eigenvalue weighted by atomic mass is 28.3. The average molecular weight is 457 g/mol. The van der Waals surface area contributed by atoms with Crippen LogP contribution in [-0.4, -0.2) is 42.3 Å². The van der Waals surface area contributed by atoms with Crippen molar-refractivity contribution in [1.29, 1.82) is 0 Å². The lowest BCUT2D eigenvalue weighted by molar-refractivity contribution is -0.441. The number of nitrogens with zero attached hydrogens (tertiary/aromatic N) is 1. The molecule has 1 aromatic heterocycles. The Kier molecular flexibility index (Phi) is 5.53. The van der Waals surface area contributed by atoms with Gasteiger partial charge < -0.3 is 4.23 Å². The molecule has 1 aromatic rings. The summed E-state index contributed by atoms with van der Waals surface area (Å²) in [5, 5.41) is 0. The van der Waals surface area contributed by atoms with Crippen LogP contribution in [0.3, 0.4) is 0 Å². The fraction of sp³-hybridized carbons (Fsp3) is 0.692. The second kappa shape index (κ2) is 6.29. The molecule has 0 saturated carbocycles. The molecule has 0 N–H and O–H groups in total. The van der Waals surface area contributed by atoms with Gasteiger partial charge in [0.1, 0.15) is 0 Å². The van der Waals surface area contributed by atoms with Crippen LogP contribution in [0.5, 0.6) is 0 Å². The molecule has 1 nitrogen and oxygen atoms in total. The first-order valence-corrected chi connectivity index (χ1v) is 10.6. The molecule has 1 rings (SSSR count). The molecule has 0 spiro atoms. The molecule has 0 saturated heterocycles. The number of alkyl halides is 13. The Balaban J connectivity index is 3.55. The van der Waals surface area contributed by atoms with Gasteiger partial charge in [-0.05, 0) is 12.3 Å². The predicted molar refractivity (Wildman–Crippen MR) is 72.9 cm³/mol. The molecular formula is C13H12F13NSi. The third kappa shape index (κ3) is 3.28. The van der Waals surface area contributed by atoms with Crippen LogP contribution in [0.4, 0.5) is 57.1 Å². The van der Waals surface area contributed by atoms with E-state index in [9.17, 15) is 57.1 Å². The molecule has 0 bridgehead atoms. The summed E-state index contributed by atoms with van der Waals surface area (Å²) in [6.07, 6.45) is -6.45. The van der Waals surface area contributed by atoms with Crippen molar-refractivity contribution in [3.63, 3.8) is 0 Å². The second-order valence-corrected chi connectivity index (χ2v) is 11.7. The highest BCUT2D eigenvalue weighted by Gasteiger charge is 2.90. The number of halogens is 13. The van der Waals surface area contributed by atoms with Crippen LogP contribution in [0.25, 0.3) is 0 Å². The molecule has 0 atom stereocenters. The number of aromatic nitrogens is 1. The lowest BCUT2D eigenvalue weighted by Gasteiger charge is -2.39. The lowest BCUT2D eigenvalue weighted by Crippen LogP contribution is -2.69. The van der Waals surface area contributed by atoms with Crippen molar-refractivity contribution in [2.75, 3.05) is 0 Å². The molecule has 0 radical (unpaired) electrons. The van der Waals surface area contributed by atoms with Gasteiger partial charge >= 0.3 is 35.8 Å². The van der Waals surface area contributed by atoms with Crippen molar-refractivity contribution in [3.05, 3.63) is 24.0 Å². The van der Waals surface area contributed by atoms with E-state index < -0.39 is 49.6 Å². The smallest absolute Gasteiger partial charge is 0.381 e. The molecule has 0 aliphatic rings. The predicted octanol–water partition coefficient (Wildman–Crippen LogP) is 6.37. The monoisotopic (exact) mass is 457 g/mol. The summed E-state index contributed by atoms with van der Waals surface area (Å²) in [7, 11) is -2.55. The van der Waals surface area contributed by atoms with Crippen LogP contribution >= 0.6 is 0 Å². The summed E-state index contributed by atoms with van der Waals surface area (Å²) >= 11 is 0. The third-order valence-electron chi connectivity index (χ3n) is 3.76. The molecule has 15 heteroatoms. The van der Waals surface area contributed by atoms with Crippen LogP contribution in [0.1, 0.15) is 5.56 Å². The summed E-state index contributed by atoms with van der Waals surface area (Å²) in [6, 6.07) is 0.155. The van der Waals surface area contributed by atoms with E-state index in [-0.39, 0.29) is 12.3 Å². The zero-order valence-electron chi connectivity index (χ0n) is 14.1. The van der Waals surface area contributed by atoms with Crippen LogP contribution in [-0.2, 0) is 5.92 Å². The number of hydrogen-bond acceptors (Lipinski definition) is 0. The first kappa shape index (κ1) is 24.6. The highest BCUT2D eigenvalue weighted by Crippen LogP contribution is 2.62. The van der Waals surface area contributed by atoms with Crippen molar-refractivity contribution in [1.82, 2.24) is 4.23 Å². The summed E-state index contributed by atoms with van der Waals surface area (Å²) in [6.45, 7) is 4.46. The minimum Gasteiger partial charge on any atom is -0.381 e. The average Bonchev–Trinajstić information content (AvgIpc) is 2.95. The van der Waals surface area contributed by atoms with Gasteiger partial charge in [-0.3, -0.25) is 0 Å². The van der Waals surface area contributed by atoms with E-state index in [0.717, 1.165) is 10.4 Å². The molecule has 0 aliphatic carbocycles. The lowest BCUT2D eigenvalue weighted by atomic mass is 9.91. The molecule has 0 aromatic carbocycles. The van der Waals surface area contributed by atoms with E-state index >= 15 is 0 Å². The Morgan fingerprint density at radius 2 is 1.04 bits per heavy atom. The van der Waals surface area contributed by atoms with Crippen molar-refractivity contribution >= 4 is 8.24 Å². The van der Waals surface area contributed by atoms with Gasteiger partial charge in [0, 0.05) is 11.8 Å². The van der Waals surface area contributed by atoms with Gasteiger partial charge in [-0.2, -0.15) is 57.1 Å². The molecule has 0 amide bonds. The maximum absolute atomic E-state index is 14.0. The van der Waals surface area contributed by atoms with Crippen LogP contribution in [0.15, 0.2) is 18.5 Å². The van der Waals surface area contributed by atoms with Gasteiger partial charge in [-0.25, -0.2) is 0 Å². The fourth-order valence-corrected chi connectivity index (χ4v) is 3.00. The maximum Gasteiger partial charge on any atom is 0.460 e. The van der Waals surface area contributed by atoms with Crippen LogP contribution in [0.2, 0.25) is 19.6 Å². The Hall–Kier alpha value is -1.41. The zero-order valence-corrected chi connectivity index (χ0v) is 15.1. The van der Waals surface area contributed by atoms with E-state index in [1.165, 1.54) is 19.6 Å². The van der Waals surface area contributed by atoms with Crippen LogP contribution < -0.4 is 0 Å². The van der Waals surface area contributed by atoms with E-state index in [1.807, 2.05) is 0 Å². The minimum atomic E-state index is -7.88.